The molecule has 0 aromatic heterocycles. The molecule has 2 aromatic rings. The second kappa shape index (κ2) is 11.9. The van der Waals surface area contributed by atoms with Gasteiger partial charge in [0.25, 0.3) is 0 Å². The number of hydrogen-bond donors (Lipinski definition) is 2. The maximum atomic E-state index is 12.6. The summed E-state index contributed by atoms with van der Waals surface area (Å²) in [4.78, 5) is 22.1. The molecule has 0 saturated heterocycles. The maximum Gasteiger partial charge on any atom is 0.505 e. The van der Waals surface area contributed by atoms with Crippen LogP contribution in [0.2, 0.25) is 0 Å². The van der Waals surface area contributed by atoms with Crippen molar-refractivity contribution in [3.8, 4) is 0 Å². The molecule has 6 heteroatoms. The second-order valence-corrected chi connectivity index (χ2v) is 9.43. The normalized spacial score (nSPS) is 13.2. The standard InChI is InChI=1S/C24H32NO4P/c1-19(2)16-22(23(26)29-3)25-24(14-15-30(27)28,17-20-10-6-4-7-11-20)18-21-12-8-5-9-13-21/h4-13,19,22,25H,14-18H2,1-3H3/p+1/t22-/m0/s1. The molecule has 30 heavy (non-hydrogen) atoms. The Morgan fingerprint density at radius 3 is 1.93 bits per heavy atom. The summed E-state index contributed by atoms with van der Waals surface area (Å²) in [5.41, 5.74) is 1.66. The molecule has 2 N–H and O–H groups in total. The van der Waals surface area contributed by atoms with E-state index in [1.54, 1.807) is 0 Å². The molecule has 0 saturated carbocycles. The van der Waals surface area contributed by atoms with E-state index in [2.05, 4.69) is 43.4 Å². The van der Waals surface area contributed by atoms with Crippen molar-refractivity contribution in [3.05, 3.63) is 71.8 Å². The lowest BCUT2D eigenvalue weighted by Crippen LogP contribution is -2.56. The van der Waals surface area contributed by atoms with Crippen molar-refractivity contribution in [3.63, 3.8) is 0 Å². The maximum absolute atomic E-state index is 12.6. The molecule has 0 aliphatic carbocycles. The summed E-state index contributed by atoms with van der Waals surface area (Å²) in [6, 6.07) is 19.6. The predicted molar refractivity (Wildman–Crippen MR) is 121 cm³/mol. The molecular formula is C24H33NO4P+. The molecule has 2 rings (SSSR count). The van der Waals surface area contributed by atoms with Gasteiger partial charge in [-0.2, -0.15) is 4.89 Å². The lowest BCUT2D eigenvalue weighted by molar-refractivity contribution is -0.144. The highest BCUT2D eigenvalue weighted by Crippen LogP contribution is 2.29. The summed E-state index contributed by atoms with van der Waals surface area (Å²) in [5.74, 6) is -0.00944. The van der Waals surface area contributed by atoms with Crippen LogP contribution in [0.4, 0.5) is 0 Å². The average Bonchev–Trinajstić information content (AvgIpc) is 2.72. The number of carbonyl (C=O) groups is 1. The van der Waals surface area contributed by atoms with Crippen molar-refractivity contribution < 1.29 is 19.0 Å². The Hall–Kier alpha value is -2.07. The second-order valence-electron chi connectivity index (χ2n) is 8.28. The minimum Gasteiger partial charge on any atom is -0.468 e. The SMILES string of the molecule is COC(=O)[C@H](CC(C)C)NC(CC[P+](=O)O)(Cc1ccccc1)Cc1ccccc1. The molecule has 2 atom stereocenters. The molecule has 0 amide bonds. The van der Waals surface area contributed by atoms with E-state index in [1.807, 2.05) is 36.4 Å². The third-order valence-electron chi connectivity index (χ3n) is 5.23. The highest BCUT2D eigenvalue weighted by Gasteiger charge is 2.38. The molecule has 0 aliphatic rings. The number of benzene rings is 2. The van der Waals surface area contributed by atoms with Crippen LogP contribution in [0.25, 0.3) is 0 Å². The van der Waals surface area contributed by atoms with Crippen LogP contribution in [0.3, 0.4) is 0 Å². The van der Waals surface area contributed by atoms with Crippen LogP contribution < -0.4 is 5.32 Å². The molecule has 0 heterocycles. The first kappa shape index (κ1) is 24.2. The van der Waals surface area contributed by atoms with Gasteiger partial charge in [0.05, 0.1) is 7.11 Å². The Morgan fingerprint density at radius 2 is 1.53 bits per heavy atom. The Morgan fingerprint density at radius 1 is 1.03 bits per heavy atom. The molecule has 0 fully saturated rings. The van der Waals surface area contributed by atoms with E-state index in [9.17, 15) is 14.3 Å². The van der Waals surface area contributed by atoms with Gasteiger partial charge in [-0.1, -0.05) is 74.5 Å². The van der Waals surface area contributed by atoms with Crippen LogP contribution in [-0.4, -0.2) is 35.7 Å². The zero-order chi connectivity index (χ0) is 22.0. The van der Waals surface area contributed by atoms with E-state index < -0.39 is 19.6 Å². The smallest absolute Gasteiger partial charge is 0.468 e. The predicted octanol–water partition coefficient (Wildman–Crippen LogP) is 4.51. The van der Waals surface area contributed by atoms with Gasteiger partial charge in [-0.25, -0.2) is 0 Å². The van der Waals surface area contributed by atoms with Crippen LogP contribution in [0, 0.1) is 5.92 Å². The summed E-state index contributed by atoms with van der Waals surface area (Å²) in [7, 11) is -0.880. The molecule has 162 valence electrons. The van der Waals surface area contributed by atoms with Crippen LogP contribution >= 0.6 is 8.03 Å². The number of rotatable bonds is 12. The van der Waals surface area contributed by atoms with Crippen molar-refractivity contribution in [2.75, 3.05) is 13.3 Å². The first-order chi connectivity index (χ1) is 14.3. The van der Waals surface area contributed by atoms with Crippen LogP contribution in [0.15, 0.2) is 60.7 Å². The topological polar surface area (TPSA) is 75.6 Å². The van der Waals surface area contributed by atoms with Gasteiger partial charge in [0, 0.05) is 12.0 Å². The van der Waals surface area contributed by atoms with Gasteiger partial charge in [-0.05, 0) is 40.9 Å². The fourth-order valence-electron chi connectivity index (χ4n) is 3.89. The van der Waals surface area contributed by atoms with Crippen molar-refractivity contribution in [2.24, 2.45) is 5.92 Å². The third-order valence-corrected chi connectivity index (χ3v) is 5.83. The van der Waals surface area contributed by atoms with E-state index in [4.69, 9.17) is 4.74 Å². The Balaban J connectivity index is 2.45. The summed E-state index contributed by atoms with van der Waals surface area (Å²) in [6.07, 6.45) is 2.53. The van der Waals surface area contributed by atoms with Crippen molar-refractivity contribution >= 4 is 14.0 Å². The summed E-state index contributed by atoms with van der Waals surface area (Å²) in [5, 5.41) is 3.59. The summed E-state index contributed by atoms with van der Waals surface area (Å²) in [6.45, 7) is 4.14. The molecule has 1 unspecified atom stereocenters. The zero-order valence-electron chi connectivity index (χ0n) is 18.1. The number of hydrogen-bond acceptors (Lipinski definition) is 4. The molecule has 0 aliphatic heterocycles. The largest absolute Gasteiger partial charge is 0.505 e. The monoisotopic (exact) mass is 430 g/mol. The number of esters is 1. The molecular weight excluding hydrogens is 397 g/mol. The van der Waals surface area contributed by atoms with Gasteiger partial charge >= 0.3 is 14.0 Å². The Bertz CT molecular complexity index is 754. The minimum atomic E-state index is -2.28. The number of ether oxygens (including phenoxy) is 1. The Kier molecular flexibility index (Phi) is 9.64. The summed E-state index contributed by atoms with van der Waals surface area (Å²) >= 11 is 0. The first-order valence-electron chi connectivity index (χ1n) is 10.4. The molecule has 0 spiro atoms. The fourth-order valence-corrected chi connectivity index (χ4v) is 4.51. The first-order valence-corrected chi connectivity index (χ1v) is 11.8. The van der Waals surface area contributed by atoms with Gasteiger partial charge in [0.15, 0.2) is 6.16 Å². The van der Waals surface area contributed by atoms with Gasteiger partial charge < -0.3 is 4.74 Å². The van der Waals surface area contributed by atoms with Crippen LogP contribution in [0.5, 0.6) is 0 Å². The van der Waals surface area contributed by atoms with Gasteiger partial charge in [-0.15, -0.1) is 0 Å². The van der Waals surface area contributed by atoms with E-state index >= 15 is 0 Å². The van der Waals surface area contributed by atoms with Crippen LogP contribution in [-0.2, 0) is 26.9 Å². The van der Waals surface area contributed by atoms with Crippen LogP contribution in [0.1, 0.15) is 37.8 Å². The fraction of sp³-hybridized carbons (Fsp3) is 0.458. The third kappa shape index (κ3) is 7.98. The average molecular weight is 431 g/mol. The lowest BCUT2D eigenvalue weighted by Gasteiger charge is -2.38. The van der Waals surface area contributed by atoms with Gasteiger partial charge in [-0.3, -0.25) is 10.1 Å². The molecule has 2 aromatic carbocycles. The molecule has 5 nitrogen and oxygen atoms in total. The lowest BCUT2D eigenvalue weighted by atomic mass is 9.81. The van der Waals surface area contributed by atoms with Crippen molar-refractivity contribution in [1.29, 1.82) is 0 Å². The van der Waals surface area contributed by atoms with Gasteiger partial charge in [0.2, 0.25) is 0 Å². The quantitative estimate of drug-likeness (QED) is 0.383. The minimum absolute atomic E-state index is 0.164. The number of nitrogens with one attached hydrogen (secondary N) is 1. The van der Waals surface area contributed by atoms with E-state index in [-0.39, 0.29) is 12.1 Å². The van der Waals surface area contributed by atoms with Crippen molar-refractivity contribution in [2.45, 2.75) is 51.1 Å². The highest BCUT2D eigenvalue weighted by atomic mass is 31.1. The Labute approximate surface area is 180 Å². The number of carbonyl (C=O) groups excluding carboxylic acids is 1. The molecule has 0 bridgehead atoms. The van der Waals surface area contributed by atoms with E-state index in [0.717, 1.165) is 11.1 Å². The summed E-state index contributed by atoms with van der Waals surface area (Å²) < 4.78 is 16.7. The highest BCUT2D eigenvalue weighted by molar-refractivity contribution is 7.37. The van der Waals surface area contributed by atoms with Crippen molar-refractivity contribution in [1.82, 2.24) is 5.32 Å². The van der Waals surface area contributed by atoms with E-state index in [0.29, 0.717) is 31.6 Å². The zero-order valence-corrected chi connectivity index (χ0v) is 19.0. The molecule has 0 radical (unpaired) electrons. The van der Waals surface area contributed by atoms with E-state index in [1.165, 1.54) is 7.11 Å². The van der Waals surface area contributed by atoms with Gasteiger partial charge in [0.1, 0.15) is 6.04 Å². The number of methoxy groups -OCH3 is 1.